The number of thiophene rings is 1. The van der Waals surface area contributed by atoms with Gasteiger partial charge in [0.1, 0.15) is 0 Å². The second kappa shape index (κ2) is 19.0. The van der Waals surface area contributed by atoms with Crippen LogP contribution in [0.1, 0.15) is 53.0 Å². The van der Waals surface area contributed by atoms with Crippen LogP contribution in [0.2, 0.25) is 19.6 Å². The Morgan fingerprint density at radius 1 is 0.662 bits per heavy atom. The number of benzene rings is 8. The standard InChI is InChI=1S/C45H33N2S.C17H22NSi.Ir/c1-45(2,3)38-23-13-20-34(30-16-8-5-9-17-30)42(38)47-40-27-32-19-11-10-18-31(32)26-39(40)46-44(47)37-22-12-21-36-35-25-24-33(28-41(35)48-43(36)37)29-14-6-4-7-15-29;1-13(2)15-11-16(14-9-7-6-8-10-14)18-12-17(15)19(3,4)5;/h4-21,23-28H,1-3H3;6-9,11-13H,1-5H3;/q2*-1;/i;13D;. The third-order valence-corrected chi connectivity index (χ3v) is 15.9. The van der Waals surface area contributed by atoms with Crippen molar-refractivity contribution < 1.29 is 21.5 Å². The third kappa shape index (κ3) is 9.07. The normalized spacial score (nSPS) is 12.2. The molecule has 3 heterocycles. The first-order valence-electron chi connectivity index (χ1n) is 23.6. The third-order valence-electron chi connectivity index (χ3n) is 12.7. The van der Waals surface area contributed by atoms with Crippen LogP contribution in [0.3, 0.4) is 0 Å². The molecule has 11 aromatic rings. The summed E-state index contributed by atoms with van der Waals surface area (Å²) in [5.74, 6) is 0.303. The molecule has 3 aromatic heterocycles. The number of hydrogen-bond acceptors (Lipinski definition) is 3. The molecule has 0 fully saturated rings. The summed E-state index contributed by atoms with van der Waals surface area (Å²) in [7, 11) is -1.50. The van der Waals surface area contributed by atoms with Crippen LogP contribution in [0.5, 0.6) is 0 Å². The van der Waals surface area contributed by atoms with Crippen molar-refractivity contribution in [3.05, 3.63) is 205 Å². The Labute approximate surface area is 421 Å². The minimum atomic E-state index is -1.50. The van der Waals surface area contributed by atoms with Crippen molar-refractivity contribution in [2.24, 2.45) is 0 Å². The zero-order valence-electron chi connectivity index (χ0n) is 40.9. The maximum Gasteiger partial charge on any atom is 0.0799 e. The molecule has 8 aromatic carbocycles. The number of pyridine rings is 1. The van der Waals surface area contributed by atoms with Gasteiger partial charge in [-0.05, 0) is 83.5 Å². The van der Waals surface area contributed by atoms with Crippen LogP contribution >= 0.6 is 11.3 Å². The molecule has 0 N–H and O–H groups in total. The number of imidazole rings is 1. The van der Waals surface area contributed by atoms with E-state index in [1.54, 1.807) is 0 Å². The van der Waals surface area contributed by atoms with Gasteiger partial charge in [0.05, 0.1) is 30.6 Å². The largest absolute Gasteiger partial charge is 0.332 e. The number of hydrogen-bond donors (Lipinski definition) is 0. The second-order valence-electron chi connectivity index (χ2n) is 19.7. The molecule has 0 saturated heterocycles. The van der Waals surface area contributed by atoms with Gasteiger partial charge in [0.25, 0.3) is 0 Å². The molecule has 0 bridgehead atoms. The van der Waals surface area contributed by atoms with Crippen LogP contribution in [0.25, 0.3) is 92.6 Å². The minimum Gasteiger partial charge on any atom is -0.332 e. The number of fused-ring (bicyclic) bond motifs is 5. The molecule has 0 spiro atoms. The predicted molar refractivity (Wildman–Crippen MR) is 291 cm³/mol. The molecule has 0 saturated carbocycles. The summed E-state index contributed by atoms with van der Waals surface area (Å²) < 4.78 is 13.3. The molecule has 6 heteroatoms. The van der Waals surface area contributed by atoms with E-state index in [2.05, 4.69) is 214 Å². The van der Waals surface area contributed by atoms with Gasteiger partial charge in [0.15, 0.2) is 0 Å². The molecule has 68 heavy (non-hydrogen) atoms. The van der Waals surface area contributed by atoms with Gasteiger partial charge in [-0.1, -0.05) is 192 Å². The molecule has 0 aliphatic heterocycles. The summed E-state index contributed by atoms with van der Waals surface area (Å²) in [4.78, 5) is 10.1. The van der Waals surface area contributed by atoms with Gasteiger partial charge < -0.3 is 9.55 Å². The van der Waals surface area contributed by atoms with E-state index in [1.165, 1.54) is 69.6 Å². The number of rotatable bonds is 7. The summed E-state index contributed by atoms with van der Waals surface area (Å²) in [6.07, 6.45) is 1.98. The van der Waals surface area contributed by atoms with Crippen LogP contribution in [-0.2, 0) is 25.5 Å². The minimum absolute atomic E-state index is 0. The summed E-state index contributed by atoms with van der Waals surface area (Å²) >= 11 is 1.83. The predicted octanol–water partition coefficient (Wildman–Crippen LogP) is 16.9. The summed E-state index contributed by atoms with van der Waals surface area (Å²) in [5.41, 5.74) is 13.2. The fraction of sp³-hybridized carbons (Fsp3) is 0.161. The monoisotopic (exact) mass is 1100 g/mol. The van der Waals surface area contributed by atoms with Gasteiger partial charge in [-0.25, -0.2) is 0 Å². The average molecular weight is 1100 g/mol. The summed E-state index contributed by atoms with van der Waals surface area (Å²) in [6.45, 7) is 17.7. The molecule has 1 radical (unpaired) electrons. The fourth-order valence-electron chi connectivity index (χ4n) is 9.28. The summed E-state index contributed by atoms with van der Waals surface area (Å²) in [6, 6.07) is 69.2. The molecular formula is C62H55IrN3SSi-2. The zero-order chi connectivity index (χ0) is 47.4. The molecule has 0 atom stereocenters. The molecule has 3 nitrogen and oxygen atoms in total. The Morgan fingerprint density at radius 3 is 2.03 bits per heavy atom. The van der Waals surface area contributed by atoms with E-state index < -0.39 is 14.0 Å². The van der Waals surface area contributed by atoms with Crippen molar-refractivity contribution in [2.45, 2.75) is 65.6 Å². The molecule has 0 amide bonds. The smallest absolute Gasteiger partial charge is 0.0799 e. The Bertz CT molecular complexity index is 3620. The molecule has 339 valence electrons. The van der Waals surface area contributed by atoms with Crippen LogP contribution < -0.4 is 5.19 Å². The van der Waals surface area contributed by atoms with Crippen molar-refractivity contribution >= 4 is 66.6 Å². The Morgan fingerprint density at radius 2 is 1.35 bits per heavy atom. The number of nitrogens with zero attached hydrogens (tertiary/aromatic N) is 3. The van der Waals surface area contributed by atoms with Crippen molar-refractivity contribution in [1.82, 2.24) is 14.5 Å². The molecule has 11 rings (SSSR count). The maximum atomic E-state index is 8.44. The van der Waals surface area contributed by atoms with Gasteiger partial charge in [-0.2, -0.15) is 11.3 Å². The van der Waals surface area contributed by atoms with Crippen molar-refractivity contribution in [3.63, 3.8) is 0 Å². The van der Waals surface area contributed by atoms with Gasteiger partial charge in [-0.3, -0.25) is 4.98 Å². The van der Waals surface area contributed by atoms with Crippen LogP contribution in [0.4, 0.5) is 0 Å². The van der Waals surface area contributed by atoms with Crippen molar-refractivity contribution in [3.8, 4) is 50.6 Å². The Balaban J connectivity index is 0.000000238. The van der Waals surface area contributed by atoms with Crippen molar-refractivity contribution in [1.29, 1.82) is 0 Å². The Kier molecular flexibility index (Phi) is 12.7. The average Bonchev–Trinajstić information content (AvgIpc) is 3.90. The van der Waals surface area contributed by atoms with E-state index in [4.69, 9.17) is 6.35 Å². The quantitative estimate of drug-likeness (QED) is 0.118. The van der Waals surface area contributed by atoms with Crippen LogP contribution in [0, 0.1) is 12.1 Å². The Hall–Kier alpha value is -6.27. The second-order valence-corrected chi connectivity index (χ2v) is 25.8. The van der Waals surface area contributed by atoms with E-state index in [1.807, 2.05) is 55.6 Å². The van der Waals surface area contributed by atoms with Gasteiger partial charge in [-0.15, -0.1) is 54.1 Å². The first-order chi connectivity index (χ1) is 32.6. The SMILES string of the molecule is CC(C)(C)c1cccc(-c2ccccc2)c1-n1c(-c2[c-]ccc3c2sc2cc(-c4ccccc4)ccc23)nc2cc3ccccc3cc21.[2H]C(C)(C)c1cc(-c2[c-]cccc2)ncc1[Si](C)(C)C.[Ir]. The van der Waals surface area contributed by atoms with Crippen LogP contribution in [-0.4, -0.2) is 22.6 Å². The molecule has 0 aliphatic rings. The van der Waals surface area contributed by atoms with Crippen LogP contribution in [0.15, 0.2) is 182 Å². The topological polar surface area (TPSA) is 30.7 Å². The number of aromatic nitrogens is 3. The fourth-order valence-corrected chi connectivity index (χ4v) is 12.1. The van der Waals surface area contributed by atoms with E-state index in [0.29, 0.717) is 0 Å². The molecular weight excluding hydrogens is 1040 g/mol. The van der Waals surface area contributed by atoms with E-state index in [0.717, 1.165) is 39.2 Å². The number of para-hydroxylation sites is 1. The maximum absolute atomic E-state index is 8.44. The molecule has 0 aliphatic carbocycles. The van der Waals surface area contributed by atoms with Gasteiger partial charge >= 0.3 is 0 Å². The first-order valence-corrected chi connectivity index (χ1v) is 27.5. The summed E-state index contributed by atoms with van der Waals surface area (Å²) in [5, 5.41) is 6.16. The van der Waals surface area contributed by atoms with Gasteiger partial charge in [0.2, 0.25) is 0 Å². The molecule has 0 unspecified atom stereocenters. The van der Waals surface area contributed by atoms with E-state index in [9.17, 15) is 0 Å². The van der Waals surface area contributed by atoms with Crippen molar-refractivity contribution in [2.75, 3.05) is 0 Å². The van der Waals surface area contributed by atoms with Gasteiger partial charge in [0, 0.05) is 37.9 Å². The zero-order valence-corrected chi connectivity index (χ0v) is 44.1. The van der Waals surface area contributed by atoms with E-state index in [-0.39, 0.29) is 25.5 Å². The first kappa shape index (κ1) is 45.5. The van der Waals surface area contributed by atoms with E-state index >= 15 is 0 Å².